The van der Waals surface area contributed by atoms with E-state index in [2.05, 4.69) is 20.2 Å². The molecule has 0 unspecified atom stereocenters. The summed E-state index contributed by atoms with van der Waals surface area (Å²) in [6, 6.07) is 4.80. The maximum absolute atomic E-state index is 12.8. The Balaban J connectivity index is 1.55. The van der Waals surface area contributed by atoms with E-state index in [1.54, 1.807) is 23.1 Å². The predicted octanol–water partition coefficient (Wildman–Crippen LogP) is 3.52. The summed E-state index contributed by atoms with van der Waals surface area (Å²) in [7, 11) is 0. The van der Waals surface area contributed by atoms with Crippen LogP contribution in [0.3, 0.4) is 0 Å². The molecule has 0 spiro atoms. The summed E-state index contributed by atoms with van der Waals surface area (Å²) in [6.45, 7) is 5.88. The second kappa shape index (κ2) is 8.11. The van der Waals surface area contributed by atoms with Crippen LogP contribution in [0.5, 0.6) is 0 Å². The third kappa shape index (κ3) is 4.01. The molecule has 1 saturated heterocycles. The number of carbonyl (C=O) groups excluding carboxylic acids is 1. The molecule has 2 amide bonds. The van der Waals surface area contributed by atoms with Crippen molar-refractivity contribution in [2.24, 2.45) is 0 Å². The first-order chi connectivity index (χ1) is 13.5. The Morgan fingerprint density at radius 2 is 1.96 bits per heavy atom. The molecule has 1 N–H and O–H groups in total. The number of amides is 2. The highest BCUT2D eigenvalue weighted by molar-refractivity contribution is 6.36. The zero-order valence-electron chi connectivity index (χ0n) is 15.5. The van der Waals surface area contributed by atoms with Crippen LogP contribution in [0.15, 0.2) is 18.2 Å². The number of benzene rings is 1. The van der Waals surface area contributed by atoms with Gasteiger partial charge < -0.3 is 19.9 Å². The van der Waals surface area contributed by atoms with Crippen molar-refractivity contribution >= 4 is 40.7 Å². The second-order valence-corrected chi connectivity index (χ2v) is 7.69. The lowest BCUT2D eigenvalue weighted by Gasteiger charge is -2.34. The van der Waals surface area contributed by atoms with Crippen LogP contribution in [0.4, 0.5) is 16.3 Å². The molecule has 0 bridgehead atoms. The van der Waals surface area contributed by atoms with Crippen LogP contribution in [0.1, 0.15) is 17.1 Å². The molecule has 9 heteroatoms. The van der Waals surface area contributed by atoms with Crippen LogP contribution in [-0.4, -0.2) is 53.7 Å². The van der Waals surface area contributed by atoms with Gasteiger partial charge >= 0.3 is 6.03 Å². The molecule has 1 fully saturated rings. The molecule has 3 heterocycles. The van der Waals surface area contributed by atoms with Gasteiger partial charge in [0.2, 0.25) is 0 Å². The van der Waals surface area contributed by atoms with Gasteiger partial charge in [-0.15, -0.1) is 0 Å². The van der Waals surface area contributed by atoms with E-state index < -0.39 is 0 Å². The van der Waals surface area contributed by atoms with Gasteiger partial charge in [0.15, 0.2) is 0 Å². The molecule has 1 aromatic heterocycles. The van der Waals surface area contributed by atoms with E-state index in [-0.39, 0.29) is 6.03 Å². The van der Waals surface area contributed by atoms with Crippen LogP contribution in [0.2, 0.25) is 10.0 Å². The van der Waals surface area contributed by atoms with Gasteiger partial charge in [-0.25, -0.2) is 14.8 Å². The standard InChI is InChI=1S/C19H21Cl2N5O2/c1-12-22-16-4-5-26(19(27)24-17-3-2-13(20)10-15(17)21)11-14(16)18(23-12)25-6-8-28-9-7-25/h2-3,10H,4-9,11H2,1H3,(H,24,27). The number of ether oxygens (including phenoxy) is 1. The number of hydrogen-bond acceptors (Lipinski definition) is 5. The maximum Gasteiger partial charge on any atom is 0.322 e. The molecule has 28 heavy (non-hydrogen) atoms. The molecule has 7 nitrogen and oxygen atoms in total. The van der Waals surface area contributed by atoms with E-state index in [4.69, 9.17) is 27.9 Å². The molecular weight excluding hydrogens is 401 g/mol. The summed E-state index contributed by atoms with van der Waals surface area (Å²) >= 11 is 12.1. The van der Waals surface area contributed by atoms with E-state index in [1.807, 2.05) is 6.92 Å². The van der Waals surface area contributed by atoms with Crippen molar-refractivity contribution in [1.82, 2.24) is 14.9 Å². The fourth-order valence-electron chi connectivity index (χ4n) is 3.51. The fraction of sp³-hybridized carbons (Fsp3) is 0.421. The highest BCUT2D eigenvalue weighted by Crippen LogP contribution is 2.29. The number of aromatic nitrogens is 2. The first-order valence-corrected chi connectivity index (χ1v) is 9.97. The summed E-state index contributed by atoms with van der Waals surface area (Å²) in [5, 5.41) is 3.80. The number of carbonyl (C=O) groups is 1. The second-order valence-electron chi connectivity index (χ2n) is 6.84. The number of hydrogen-bond donors (Lipinski definition) is 1. The van der Waals surface area contributed by atoms with Crippen molar-refractivity contribution in [3.05, 3.63) is 45.3 Å². The van der Waals surface area contributed by atoms with Gasteiger partial charge in [-0.2, -0.15) is 0 Å². The average Bonchev–Trinajstić information content (AvgIpc) is 2.69. The normalized spacial score (nSPS) is 16.7. The number of halogens is 2. The molecule has 0 saturated carbocycles. The first-order valence-electron chi connectivity index (χ1n) is 9.21. The monoisotopic (exact) mass is 421 g/mol. The van der Waals surface area contributed by atoms with E-state index in [9.17, 15) is 4.79 Å². The number of morpholine rings is 1. The zero-order chi connectivity index (χ0) is 19.7. The molecule has 2 aromatic rings. The highest BCUT2D eigenvalue weighted by atomic mass is 35.5. The fourth-order valence-corrected chi connectivity index (χ4v) is 3.97. The third-order valence-electron chi connectivity index (χ3n) is 4.92. The maximum atomic E-state index is 12.8. The number of nitrogens with zero attached hydrogens (tertiary/aromatic N) is 4. The van der Waals surface area contributed by atoms with Crippen molar-refractivity contribution in [1.29, 1.82) is 0 Å². The average molecular weight is 422 g/mol. The number of aryl methyl sites for hydroxylation is 1. The Morgan fingerprint density at radius 3 is 2.71 bits per heavy atom. The topological polar surface area (TPSA) is 70.6 Å². The molecular formula is C19H21Cl2N5O2. The first kappa shape index (κ1) is 19.2. The molecule has 2 aliphatic heterocycles. The molecule has 4 rings (SSSR count). The minimum Gasteiger partial charge on any atom is -0.378 e. The van der Waals surface area contributed by atoms with Gasteiger partial charge in [0.25, 0.3) is 0 Å². The van der Waals surface area contributed by atoms with Gasteiger partial charge in [-0.3, -0.25) is 0 Å². The lowest BCUT2D eigenvalue weighted by molar-refractivity contribution is 0.122. The molecule has 0 atom stereocenters. The van der Waals surface area contributed by atoms with Gasteiger partial charge in [-0.1, -0.05) is 23.2 Å². The number of nitrogens with one attached hydrogen (secondary N) is 1. The van der Waals surface area contributed by atoms with Gasteiger partial charge in [0.1, 0.15) is 11.6 Å². The van der Waals surface area contributed by atoms with Crippen molar-refractivity contribution in [2.45, 2.75) is 19.9 Å². The quantitative estimate of drug-likeness (QED) is 0.802. The molecule has 148 valence electrons. The molecule has 0 radical (unpaired) electrons. The smallest absolute Gasteiger partial charge is 0.322 e. The van der Waals surface area contributed by atoms with Gasteiger partial charge in [-0.05, 0) is 25.1 Å². The van der Waals surface area contributed by atoms with E-state index in [1.165, 1.54) is 0 Å². The summed E-state index contributed by atoms with van der Waals surface area (Å²) in [4.78, 5) is 26.1. The number of rotatable bonds is 2. The number of anilines is 2. The van der Waals surface area contributed by atoms with Crippen molar-refractivity contribution in [3.63, 3.8) is 0 Å². The highest BCUT2D eigenvalue weighted by Gasteiger charge is 2.28. The summed E-state index contributed by atoms with van der Waals surface area (Å²) in [5.41, 5.74) is 2.56. The van der Waals surface area contributed by atoms with Crippen LogP contribution >= 0.6 is 23.2 Å². The van der Waals surface area contributed by atoms with Gasteiger partial charge in [0, 0.05) is 36.6 Å². The minimum absolute atomic E-state index is 0.205. The Kier molecular flexibility index (Phi) is 5.57. The zero-order valence-corrected chi connectivity index (χ0v) is 17.1. The summed E-state index contributed by atoms with van der Waals surface area (Å²) in [6.07, 6.45) is 0.692. The SMILES string of the molecule is Cc1nc2c(c(N3CCOCC3)n1)CN(C(=O)Nc1ccc(Cl)cc1Cl)CC2. The van der Waals surface area contributed by atoms with Crippen molar-refractivity contribution in [2.75, 3.05) is 43.1 Å². The van der Waals surface area contributed by atoms with Crippen molar-refractivity contribution in [3.8, 4) is 0 Å². The van der Waals surface area contributed by atoms with Crippen LogP contribution in [-0.2, 0) is 17.7 Å². The molecule has 0 aliphatic carbocycles. The Labute approximate surface area is 173 Å². The summed E-state index contributed by atoms with van der Waals surface area (Å²) in [5.74, 6) is 1.67. The molecule has 2 aliphatic rings. The third-order valence-corrected chi connectivity index (χ3v) is 5.47. The Bertz CT molecular complexity index is 902. The Hall–Kier alpha value is -2.09. The van der Waals surface area contributed by atoms with Crippen LogP contribution in [0, 0.1) is 6.92 Å². The van der Waals surface area contributed by atoms with Gasteiger partial charge in [0.05, 0.1) is 36.2 Å². The van der Waals surface area contributed by atoms with E-state index in [0.717, 1.165) is 36.0 Å². The number of urea groups is 1. The van der Waals surface area contributed by atoms with Crippen LogP contribution in [0.25, 0.3) is 0 Å². The number of fused-ring (bicyclic) bond motifs is 1. The summed E-state index contributed by atoms with van der Waals surface area (Å²) < 4.78 is 5.46. The minimum atomic E-state index is -0.205. The molecule has 1 aromatic carbocycles. The van der Waals surface area contributed by atoms with Crippen LogP contribution < -0.4 is 10.2 Å². The lowest BCUT2D eigenvalue weighted by Crippen LogP contribution is -2.42. The Morgan fingerprint density at radius 1 is 1.18 bits per heavy atom. The van der Waals surface area contributed by atoms with Crippen molar-refractivity contribution < 1.29 is 9.53 Å². The predicted molar refractivity (Wildman–Crippen MR) is 109 cm³/mol. The van der Waals surface area contributed by atoms with E-state index >= 15 is 0 Å². The largest absolute Gasteiger partial charge is 0.378 e. The van der Waals surface area contributed by atoms with E-state index in [0.29, 0.717) is 48.5 Å². The lowest BCUT2D eigenvalue weighted by atomic mass is 10.1.